The first kappa shape index (κ1) is 20.7. The zero-order valence-corrected chi connectivity index (χ0v) is 18.2. The molecule has 0 aliphatic carbocycles. The van der Waals surface area contributed by atoms with Crippen LogP contribution in [0.4, 0.5) is 5.69 Å². The van der Waals surface area contributed by atoms with E-state index in [0.717, 1.165) is 48.0 Å². The molecule has 0 bridgehead atoms. The number of carbonyl (C=O) groups is 1. The minimum atomic E-state index is -0.256. The van der Waals surface area contributed by atoms with E-state index in [4.69, 9.17) is 16.0 Å². The molecule has 0 spiro atoms. The number of hydrogen-bond acceptors (Lipinski definition) is 4. The van der Waals surface area contributed by atoms with E-state index in [2.05, 4.69) is 15.3 Å². The first-order chi connectivity index (χ1) is 14.5. The highest BCUT2D eigenvalue weighted by atomic mass is 35.5. The van der Waals surface area contributed by atoms with Crippen molar-refractivity contribution in [2.75, 3.05) is 18.4 Å². The molecule has 4 rings (SSSR count). The largest absolute Gasteiger partial charge is 0.455 e. The van der Waals surface area contributed by atoms with E-state index in [1.54, 1.807) is 6.07 Å². The lowest BCUT2D eigenvalue weighted by molar-refractivity contribution is 0.0992. The molecule has 1 aliphatic heterocycles. The van der Waals surface area contributed by atoms with Crippen LogP contribution in [0.3, 0.4) is 0 Å². The Bertz CT molecular complexity index is 1030. The van der Waals surface area contributed by atoms with Crippen LogP contribution in [0.15, 0.2) is 40.8 Å². The number of nitrogens with one attached hydrogen (secondary N) is 1. The summed E-state index contributed by atoms with van der Waals surface area (Å²) in [6, 6.07) is 11.3. The Balaban J connectivity index is 1.44. The smallest absolute Gasteiger partial charge is 0.291 e. The summed E-state index contributed by atoms with van der Waals surface area (Å²) in [6.07, 6.45) is 3.75. The van der Waals surface area contributed by atoms with E-state index in [1.807, 2.05) is 48.9 Å². The minimum absolute atomic E-state index is 0.256. The van der Waals surface area contributed by atoms with Crippen LogP contribution in [0.25, 0.3) is 0 Å². The van der Waals surface area contributed by atoms with Crippen LogP contribution < -0.4 is 5.32 Å². The van der Waals surface area contributed by atoms with Gasteiger partial charge in [-0.1, -0.05) is 30.2 Å². The molecule has 0 unspecified atom stereocenters. The van der Waals surface area contributed by atoms with Crippen molar-refractivity contribution < 1.29 is 9.21 Å². The number of hydrogen-bond donors (Lipinski definition) is 1. The second-order valence-electron chi connectivity index (χ2n) is 7.89. The van der Waals surface area contributed by atoms with Gasteiger partial charge in [0.15, 0.2) is 5.76 Å². The quantitative estimate of drug-likeness (QED) is 0.600. The number of furan rings is 1. The van der Waals surface area contributed by atoms with Crippen molar-refractivity contribution in [1.82, 2.24) is 14.7 Å². The molecule has 1 aromatic carbocycles. The molecule has 0 saturated carbocycles. The fourth-order valence-electron chi connectivity index (χ4n) is 3.94. The zero-order valence-electron chi connectivity index (χ0n) is 17.4. The van der Waals surface area contributed by atoms with Gasteiger partial charge in [-0.3, -0.25) is 14.4 Å². The van der Waals surface area contributed by atoms with E-state index in [0.29, 0.717) is 17.3 Å². The molecule has 6 nitrogen and oxygen atoms in total. The normalized spacial score (nSPS) is 14.8. The SMILES string of the molecule is Cc1nn(Cc2cccc(Cl)c2)c(C)c1NC(=O)c1ccc(CN2CCCCC2)o1. The van der Waals surface area contributed by atoms with Gasteiger partial charge in [0.2, 0.25) is 0 Å². The third-order valence-electron chi connectivity index (χ3n) is 5.55. The molecular formula is C23H27ClN4O2. The van der Waals surface area contributed by atoms with Gasteiger partial charge in [0.1, 0.15) is 5.76 Å². The Morgan fingerprint density at radius 3 is 2.70 bits per heavy atom. The second-order valence-corrected chi connectivity index (χ2v) is 8.33. The van der Waals surface area contributed by atoms with Gasteiger partial charge in [-0.25, -0.2) is 0 Å². The van der Waals surface area contributed by atoms with Gasteiger partial charge < -0.3 is 9.73 Å². The lowest BCUT2D eigenvalue weighted by Gasteiger charge is -2.25. The predicted octanol–water partition coefficient (Wildman–Crippen LogP) is 5.03. The standard InChI is InChI=1S/C23H27ClN4O2/c1-16-22(17(2)28(26-16)14-18-7-6-8-19(24)13-18)25-23(29)21-10-9-20(30-21)15-27-11-4-3-5-12-27/h6-10,13H,3-5,11-12,14-15H2,1-2H3,(H,25,29). The van der Waals surface area contributed by atoms with E-state index < -0.39 is 0 Å². The molecule has 0 radical (unpaired) electrons. The number of aryl methyl sites for hydroxylation is 1. The van der Waals surface area contributed by atoms with E-state index in [-0.39, 0.29) is 5.91 Å². The third-order valence-corrected chi connectivity index (χ3v) is 5.79. The Labute approximate surface area is 181 Å². The summed E-state index contributed by atoms with van der Waals surface area (Å²) in [5.74, 6) is 0.893. The third kappa shape index (κ3) is 4.77. The maximum Gasteiger partial charge on any atom is 0.291 e. The molecule has 30 heavy (non-hydrogen) atoms. The summed E-state index contributed by atoms with van der Waals surface area (Å²) in [7, 11) is 0. The molecule has 158 valence electrons. The Hall–Kier alpha value is -2.57. The van der Waals surface area contributed by atoms with Crippen molar-refractivity contribution in [2.45, 2.75) is 46.2 Å². The number of piperidine rings is 1. The van der Waals surface area contributed by atoms with Crippen LogP contribution in [-0.4, -0.2) is 33.7 Å². The zero-order chi connectivity index (χ0) is 21.1. The molecular weight excluding hydrogens is 400 g/mol. The molecule has 1 aliphatic rings. The molecule has 1 saturated heterocycles. The number of halogens is 1. The number of nitrogens with zero attached hydrogens (tertiary/aromatic N) is 3. The lowest BCUT2D eigenvalue weighted by Crippen LogP contribution is -2.28. The summed E-state index contributed by atoms with van der Waals surface area (Å²) in [5, 5.41) is 8.25. The van der Waals surface area contributed by atoms with Crippen LogP contribution in [0, 0.1) is 13.8 Å². The van der Waals surface area contributed by atoms with Gasteiger partial charge in [0, 0.05) is 5.02 Å². The van der Waals surface area contributed by atoms with Crippen LogP contribution in [0.1, 0.15) is 52.5 Å². The molecule has 1 N–H and O–H groups in total. The summed E-state index contributed by atoms with van der Waals surface area (Å²) in [4.78, 5) is 15.1. The van der Waals surface area contributed by atoms with Crippen molar-refractivity contribution in [3.63, 3.8) is 0 Å². The minimum Gasteiger partial charge on any atom is -0.455 e. The topological polar surface area (TPSA) is 63.3 Å². The van der Waals surface area contributed by atoms with Crippen molar-refractivity contribution in [2.24, 2.45) is 0 Å². The molecule has 3 heterocycles. The second kappa shape index (κ2) is 9.06. The monoisotopic (exact) mass is 426 g/mol. The van der Waals surface area contributed by atoms with E-state index in [1.165, 1.54) is 19.3 Å². The van der Waals surface area contributed by atoms with Crippen LogP contribution in [0.5, 0.6) is 0 Å². The molecule has 7 heteroatoms. The van der Waals surface area contributed by atoms with E-state index >= 15 is 0 Å². The maximum absolute atomic E-state index is 12.8. The first-order valence-electron chi connectivity index (χ1n) is 10.4. The highest BCUT2D eigenvalue weighted by molar-refractivity contribution is 6.30. The number of rotatable bonds is 6. The van der Waals surface area contributed by atoms with Crippen LogP contribution in [-0.2, 0) is 13.1 Å². The summed E-state index contributed by atoms with van der Waals surface area (Å²) in [6.45, 7) is 7.36. The lowest BCUT2D eigenvalue weighted by atomic mass is 10.1. The highest BCUT2D eigenvalue weighted by Crippen LogP contribution is 2.23. The number of amides is 1. The Kier molecular flexibility index (Phi) is 6.25. The number of benzene rings is 1. The summed E-state index contributed by atoms with van der Waals surface area (Å²) >= 11 is 6.09. The molecule has 2 aromatic heterocycles. The average Bonchev–Trinajstić information content (AvgIpc) is 3.29. The van der Waals surface area contributed by atoms with Gasteiger partial charge in [0.05, 0.1) is 30.2 Å². The van der Waals surface area contributed by atoms with Crippen molar-refractivity contribution >= 4 is 23.2 Å². The van der Waals surface area contributed by atoms with E-state index in [9.17, 15) is 4.79 Å². The highest BCUT2D eigenvalue weighted by Gasteiger charge is 2.19. The van der Waals surface area contributed by atoms with Crippen molar-refractivity contribution in [1.29, 1.82) is 0 Å². The maximum atomic E-state index is 12.8. The summed E-state index contributed by atoms with van der Waals surface area (Å²) < 4.78 is 7.70. The fourth-order valence-corrected chi connectivity index (χ4v) is 4.15. The number of carbonyl (C=O) groups excluding carboxylic acids is 1. The molecule has 3 aromatic rings. The molecule has 0 atom stereocenters. The first-order valence-corrected chi connectivity index (χ1v) is 10.8. The number of anilines is 1. The van der Waals surface area contributed by atoms with Crippen molar-refractivity contribution in [3.05, 3.63) is 69.9 Å². The van der Waals surface area contributed by atoms with Crippen LogP contribution >= 0.6 is 11.6 Å². The van der Waals surface area contributed by atoms with Crippen LogP contribution in [0.2, 0.25) is 5.02 Å². The van der Waals surface area contributed by atoms with Crippen molar-refractivity contribution in [3.8, 4) is 0 Å². The van der Waals surface area contributed by atoms with Gasteiger partial charge >= 0.3 is 0 Å². The Morgan fingerprint density at radius 2 is 1.93 bits per heavy atom. The predicted molar refractivity (Wildman–Crippen MR) is 118 cm³/mol. The molecule has 1 fully saturated rings. The van der Waals surface area contributed by atoms with Gasteiger partial charge in [-0.2, -0.15) is 5.10 Å². The molecule has 1 amide bonds. The Morgan fingerprint density at radius 1 is 1.13 bits per heavy atom. The average molecular weight is 427 g/mol. The number of aromatic nitrogens is 2. The fraction of sp³-hybridized carbons (Fsp3) is 0.391. The number of likely N-dealkylation sites (tertiary alicyclic amines) is 1. The van der Waals surface area contributed by atoms with Gasteiger partial charge in [-0.05, 0) is 69.6 Å². The van der Waals surface area contributed by atoms with Gasteiger partial charge in [-0.15, -0.1) is 0 Å². The van der Waals surface area contributed by atoms with Gasteiger partial charge in [0.25, 0.3) is 5.91 Å². The summed E-state index contributed by atoms with van der Waals surface area (Å²) in [5.41, 5.74) is 3.43.